The molecular weight excluding hydrogens is 805 g/mol. The minimum absolute atomic E-state index is 0.0279. The zero-order valence-corrected chi connectivity index (χ0v) is 37.0. The van der Waals surface area contributed by atoms with Gasteiger partial charge in [-0.25, -0.2) is 17.9 Å². The van der Waals surface area contributed by atoms with Gasteiger partial charge in [-0.05, 0) is 102 Å². The van der Waals surface area contributed by atoms with Crippen LogP contribution in [0.1, 0.15) is 100 Å². The molecule has 9 N–H and O–H groups in total. The van der Waals surface area contributed by atoms with E-state index >= 15 is 0 Å². The van der Waals surface area contributed by atoms with Gasteiger partial charge in [0, 0.05) is 25.1 Å². The lowest BCUT2D eigenvalue weighted by Crippen LogP contribution is -2.61. The average molecular weight is 867 g/mol. The van der Waals surface area contributed by atoms with Crippen molar-refractivity contribution in [1.29, 1.82) is 5.41 Å². The van der Waals surface area contributed by atoms with E-state index < -0.39 is 75.0 Å². The van der Waals surface area contributed by atoms with Gasteiger partial charge < -0.3 is 41.7 Å². The number of fused-ring (bicyclic) bond motifs is 1. The number of hydrogen-bond acceptors (Lipinski definition) is 9. The minimum Gasteiger partial charge on any atom is -0.487 e. The predicted octanol–water partition coefficient (Wildman–Crippen LogP) is 3.83. The molecule has 4 atom stereocenters. The molecule has 0 radical (unpaired) electrons. The molecule has 5 amide bonds. The van der Waals surface area contributed by atoms with Crippen molar-refractivity contribution in [2.75, 3.05) is 13.1 Å². The highest BCUT2D eigenvalue weighted by molar-refractivity contribution is 7.90. The molecule has 334 valence electrons. The van der Waals surface area contributed by atoms with Gasteiger partial charge in [-0.3, -0.25) is 24.6 Å². The number of hydrogen-bond donors (Lipinski definition) is 9. The number of carboxylic acid groups (broad SMARTS) is 1. The maximum absolute atomic E-state index is 13.9. The van der Waals surface area contributed by atoms with Gasteiger partial charge in [0.1, 0.15) is 35.0 Å². The zero-order valence-electron chi connectivity index (χ0n) is 36.2. The van der Waals surface area contributed by atoms with E-state index in [0.29, 0.717) is 53.8 Å². The van der Waals surface area contributed by atoms with Crippen LogP contribution < -0.4 is 41.4 Å². The Labute approximate surface area is 358 Å². The number of benzene rings is 2. The van der Waals surface area contributed by atoms with Crippen molar-refractivity contribution in [2.45, 2.75) is 128 Å². The molecule has 17 nitrogen and oxygen atoms in total. The number of carbonyl (C=O) groups is 5. The molecule has 2 aromatic carbocycles. The van der Waals surface area contributed by atoms with E-state index in [0.717, 1.165) is 5.56 Å². The summed E-state index contributed by atoms with van der Waals surface area (Å²) < 4.78 is 35.7. The molecule has 1 heterocycles. The fourth-order valence-corrected chi connectivity index (χ4v) is 8.60. The van der Waals surface area contributed by atoms with Crippen LogP contribution in [0.15, 0.2) is 60.5 Å². The Hall–Kier alpha value is -5.91. The summed E-state index contributed by atoms with van der Waals surface area (Å²) in [5.74, 6) is -2.60. The van der Waals surface area contributed by atoms with E-state index in [1.807, 2.05) is 13.8 Å². The predicted molar refractivity (Wildman–Crippen MR) is 233 cm³/mol. The number of sulfonamides is 1. The number of allylic oxidation sites excluding steroid dienone is 1. The van der Waals surface area contributed by atoms with Gasteiger partial charge in [0.15, 0.2) is 0 Å². The summed E-state index contributed by atoms with van der Waals surface area (Å²) in [5, 5.41) is 33.6. The summed E-state index contributed by atoms with van der Waals surface area (Å²) in [7, 11) is -4.22. The highest BCUT2D eigenvalue weighted by atomic mass is 32.2. The first-order chi connectivity index (χ1) is 28.6. The smallest absolute Gasteiger partial charge is 0.405 e. The molecule has 61 heavy (non-hydrogen) atoms. The molecule has 4 unspecified atom stereocenters. The van der Waals surface area contributed by atoms with E-state index in [1.165, 1.54) is 13.0 Å². The van der Waals surface area contributed by atoms with Gasteiger partial charge in [-0.1, -0.05) is 49.4 Å². The topological polar surface area (TPSA) is 257 Å². The monoisotopic (exact) mass is 866 g/mol. The molecule has 0 bridgehead atoms. The third kappa shape index (κ3) is 13.3. The van der Waals surface area contributed by atoms with Gasteiger partial charge in [0.2, 0.25) is 29.6 Å². The maximum Gasteiger partial charge on any atom is 0.405 e. The van der Waals surface area contributed by atoms with Crippen LogP contribution in [0.25, 0.3) is 0 Å². The molecule has 18 heteroatoms. The third-order valence-electron chi connectivity index (χ3n) is 10.4. The number of nitrogens with one attached hydrogen (secondary N) is 8. The van der Waals surface area contributed by atoms with Gasteiger partial charge in [0.05, 0.1) is 4.90 Å². The second-order valence-electron chi connectivity index (χ2n) is 15.9. The molecule has 1 aliphatic rings. The van der Waals surface area contributed by atoms with Crippen molar-refractivity contribution in [2.24, 2.45) is 0 Å². The van der Waals surface area contributed by atoms with Crippen LogP contribution in [-0.4, -0.2) is 85.5 Å². The number of carbonyl (C=O) groups excluding carboxylic acids is 4. The fraction of sp³-hybridized carbons (Fsp3) is 0.488. The Balaban J connectivity index is 1.78. The van der Waals surface area contributed by atoms with Crippen molar-refractivity contribution < 1.29 is 42.2 Å². The van der Waals surface area contributed by atoms with E-state index in [1.54, 1.807) is 64.1 Å². The molecule has 0 saturated carbocycles. The Morgan fingerprint density at radius 2 is 1.54 bits per heavy atom. The van der Waals surface area contributed by atoms with Crippen LogP contribution in [0.3, 0.4) is 0 Å². The molecule has 3 rings (SSSR count). The Kier molecular flexibility index (Phi) is 17.5. The second-order valence-corrected chi connectivity index (χ2v) is 17.5. The number of guanidine groups is 1. The Bertz CT molecular complexity index is 2090. The highest BCUT2D eigenvalue weighted by Gasteiger charge is 2.38. The lowest BCUT2D eigenvalue weighted by atomic mass is 9.94. The third-order valence-corrected chi connectivity index (χ3v) is 12.1. The van der Waals surface area contributed by atoms with Crippen molar-refractivity contribution in [3.63, 3.8) is 0 Å². The number of unbranched alkanes of at least 4 members (excludes halogenated alkanes) is 1. The lowest BCUT2D eigenvalue weighted by molar-refractivity contribution is -0.135. The molecule has 2 aromatic rings. The average Bonchev–Trinajstić information content (AvgIpc) is 3.53. The summed E-state index contributed by atoms with van der Waals surface area (Å²) in [6, 6.07) is 5.03. The number of amides is 5. The Morgan fingerprint density at radius 3 is 2.15 bits per heavy atom. The summed E-state index contributed by atoms with van der Waals surface area (Å²) in [5.41, 5.74) is 0.812. The van der Waals surface area contributed by atoms with Crippen LogP contribution in [0, 0.1) is 26.2 Å². The normalized spacial score (nSPS) is 15.2. The van der Waals surface area contributed by atoms with E-state index in [4.69, 9.17) is 10.1 Å². The summed E-state index contributed by atoms with van der Waals surface area (Å²) >= 11 is 0. The van der Waals surface area contributed by atoms with Crippen LogP contribution >= 0.6 is 0 Å². The van der Waals surface area contributed by atoms with Crippen LogP contribution in [0.5, 0.6) is 5.75 Å². The molecule has 1 aliphatic heterocycles. The lowest BCUT2D eigenvalue weighted by Gasteiger charge is -2.30. The first-order valence-corrected chi connectivity index (χ1v) is 21.7. The molecule has 0 saturated heterocycles. The largest absolute Gasteiger partial charge is 0.487 e. The van der Waals surface area contributed by atoms with E-state index in [2.05, 4.69) is 49.8 Å². The van der Waals surface area contributed by atoms with Gasteiger partial charge in [-0.15, -0.1) is 13.2 Å². The number of ether oxygens (including phenoxy) is 1. The SMILES string of the molecule is C=CCCCNC(=O)C(NC(=O)C(CC)NC(=O)C(CCCNC(=N)NS(=O)(=O)c1c(C)c(C)c2c(c1C)CC(C)(C)O2)NC(=O)C(C)(CC=C)NC(=O)O)c1ccccc1. The Morgan fingerprint density at radius 1 is 0.902 bits per heavy atom. The molecule has 0 aromatic heterocycles. The van der Waals surface area contributed by atoms with Crippen LogP contribution in [-0.2, 0) is 35.6 Å². The van der Waals surface area contributed by atoms with Crippen LogP contribution in [0.4, 0.5) is 4.79 Å². The van der Waals surface area contributed by atoms with Crippen LogP contribution in [0.2, 0.25) is 0 Å². The van der Waals surface area contributed by atoms with Gasteiger partial charge >= 0.3 is 6.09 Å². The van der Waals surface area contributed by atoms with Crippen molar-refractivity contribution >= 4 is 45.7 Å². The fourth-order valence-electron chi connectivity index (χ4n) is 7.07. The first-order valence-electron chi connectivity index (χ1n) is 20.2. The van der Waals surface area contributed by atoms with E-state index in [9.17, 15) is 37.5 Å². The highest BCUT2D eigenvalue weighted by Crippen LogP contribution is 2.43. The molecule has 0 aliphatic carbocycles. The summed E-state index contributed by atoms with van der Waals surface area (Å²) in [6.45, 7) is 19.6. The quantitative estimate of drug-likeness (QED) is 0.0358. The zero-order chi connectivity index (χ0) is 45.7. The van der Waals surface area contributed by atoms with Crippen molar-refractivity contribution in [1.82, 2.24) is 36.6 Å². The molecule has 0 fully saturated rings. The number of rotatable bonds is 22. The van der Waals surface area contributed by atoms with Crippen molar-refractivity contribution in [3.05, 3.63) is 83.5 Å². The minimum atomic E-state index is -4.22. The van der Waals surface area contributed by atoms with Gasteiger partial charge in [0.25, 0.3) is 10.0 Å². The maximum atomic E-state index is 13.9. The van der Waals surface area contributed by atoms with Crippen molar-refractivity contribution in [3.8, 4) is 5.75 Å². The summed E-state index contributed by atoms with van der Waals surface area (Å²) in [6.07, 6.45) is 3.44. The van der Waals surface area contributed by atoms with Gasteiger partial charge in [-0.2, -0.15) is 0 Å². The molecule has 0 spiro atoms. The standard InChI is InChI=1S/C43H62N8O9S/c1-10-13-17-23-45-38(54)33(29-19-15-14-16-20-29)49-36(52)31(12-3)47-37(53)32(48-39(55)43(9,22-11-2)50-41(56)57)21-18-24-46-40(44)51-61(58,59)35-27(5)26(4)34-30(28(35)6)25-42(7,8)60-34/h10-11,14-16,19-20,31-33,50H,1-2,12-13,17-18,21-25H2,3-9H3,(H,45,54)(H,47,53)(H,48,55)(H,49,52)(H,56,57)(H3,44,46,51). The second kappa shape index (κ2) is 21.6. The molecular formula is C43H62N8O9S. The first kappa shape index (κ1) is 49.5. The summed E-state index contributed by atoms with van der Waals surface area (Å²) in [4.78, 5) is 66.2. The van der Waals surface area contributed by atoms with E-state index in [-0.39, 0.29) is 37.1 Å².